The van der Waals surface area contributed by atoms with Gasteiger partial charge in [-0.25, -0.2) is 4.98 Å². The first-order valence-electron chi connectivity index (χ1n) is 8.62. The summed E-state index contributed by atoms with van der Waals surface area (Å²) < 4.78 is 0. The van der Waals surface area contributed by atoms with Crippen molar-refractivity contribution in [1.82, 2.24) is 14.9 Å². The van der Waals surface area contributed by atoms with Crippen molar-refractivity contribution in [3.63, 3.8) is 0 Å². The number of aromatic amines is 1. The second kappa shape index (κ2) is 7.39. The normalized spacial score (nSPS) is 14.9. The van der Waals surface area contributed by atoms with Gasteiger partial charge >= 0.3 is 0 Å². The van der Waals surface area contributed by atoms with E-state index in [1.165, 1.54) is 6.42 Å². The lowest BCUT2D eigenvalue weighted by Crippen LogP contribution is -2.35. The Morgan fingerprint density at radius 2 is 2.00 bits per heavy atom. The van der Waals surface area contributed by atoms with Crippen molar-refractivity contribution in [2.75, 3.05) is 19.0 Å². The molecule has 4 nitrogen and oxygen atoms in total. The summed E-state index contributed by atoms with van der Waals surface area (Å²) in [6.45, 7) is 5.80. The first kappa shape index (κ1) is 17.0. The Balaban J connectivity index is 1.93. The number of nitrogens with one attached hydrogen (secondary N) is 1. The van der Waals surface area contributed by atoms with Crippen LogP contribution in [0.1, 0.15) is 46.7 Å². The quantitative estimate of drug-likeness (QED) is 0.848. The standard InChI is InChI=1S/C19H24ClN3O/c1-13-6-7-15(19(24)23-10-4-3-5-11-23)12-16(13)18-14(2)21-17(22-18)8-9-20/h6-7,12H,3-5,8-11H2,1-2H3,(H,21,22). The van der Waals surface area contributed by atoms with Gasteiger partial charge in [0.15, 0.2) is 0 Å². The summed E-state index contributed by atoms with van der Waals surface area (Å²) >= 11 is 5.82. The molecule has 1 fully saturated rings. The molecule has 0 bridgehead atoms. The second-order valence-corrected chi connectivity index (χ2v) is 6.86. The van der Waals surface area contributed by atoms with Gasteiger partial charge in [-0.15, -0.1) is 11.6 Å². The van der Waals surface area contributed by atoms with Gasteiger partial charge in [0.1, 0.15) is 5.82 Å². The highest BCUT2D eigenvalue weighted by Crippen LogP contribution is 2.27. The molecule has 1 aliphatic rings. The van der Waals surface area contributed by atoms with Crippen LogP contribution in [0, 0.1) is 13.8 Å². The van der Waals surface area contributed by atoms with Crippen molar-refractivity contribution in [2.24, 2.45) is 0 Å². The van der Waals surface area contributed by atoms with E-state index >= 15 is 0 Å². The van der Waals surface area contributed by atoms with E-state index in [0.717, 1.165) is 59.8 Å². The van der Waals surface area contributed by atoms with Crippen LogP contribution in [0.2, 0.25) is 0 Å². The summed E-state index contributed by atoms with van der Waals surface area (Å²) in [5.41, 5.74) is 4.82. The fraction of sp³-hybridized carbons (Fsp3) is 0.474. The van der Waals surface area contributed by atoms with Crippen LogP contribution in [0.4, 0.5) is 0 Å². The lowest BCUT2D eigenvalue weighted by atomic mass is 10.00. The third-order valence-corrected chi connectivity index (χ3v) is 4.84. The Hall–Kier alpha value is -1.81. The van der Waals surface area contributed by atoms with Crippen LogP contribution in [-0.2, 0) is 6.42 Å². The number of nitrogens with zero attached hydrogens (tertiary/aromatic N) is 2. The predicted octanol–water partition coefficient (Wildman–Crippen LogP) is 4.10. The van der Waals surface area contributed by atoms with Crippen molar-refractivity contribution in [3.8, 4) is 11.3 Å². The third kappa shape index (κ3) is 3.48. The molecule has 2 heterocycles. The maximum atomic E-state index is 12.8. The van der Waals surface area contributed by atoms with Gasteiger partial charge in [0, 0.05) is 42.2 Å². The van der Waals surface area contributed by atoms with Crippen LogP contribution in [-0.4, -0.2) is 39.7 Å². The average molecular weight is 346 g/mol. The van der Waals surface area contributed by atoms with Gasteiger partial charge in [0.05, 0.1) is 5.69 Å². The number of carbonyl (C=O) groups is 1. The van der Waals surface area contributed by atoms with E-state index in [4.69, 9.17) is 11.6 Å². The number of amides is 1. The lowest BCUT2D eigenvalue weighted by Gasteiger charge is -2.27. The first-order chi connectivity index (χ1) is 11.6. The number of hydrogen-bond acceptors (Lipinski definition) is 2. The number of rotatable bonds is 4. The number of imidazole rings is 1. The average Bonchev–Trinajstić information content (AvgIpc) is 2.96. The molecule has 0 spiro atoms. The molecule has 0 aliphatic carbocycles. The molecule has 1 aromatic heterocycles. The van der Waals surface area contributed by atoms with Crippen LogP contribution in [0.25, 0.3) is 11.3 Å². The summed E-state index contributed by atoms with van der Waals surface area (Å²) in [6, 6.07) is 5.93. The summed E-state index contributed by atoms with van der Waals surface area (Å²) in [6.07, 6.45) is 4.14. The van der Waals surface area contributed by atoms with Gasteiger partial charge in [-0.1, -0.05) is 6.07 Å². The molecule has 128 valence electrons. The van der Waals surface area contributed by atoms with Crippen molar-refractivity contribution in [2.45, 2.75) is 39.5 Å². The third-order valence-electron chi connectivity index (χ3n) is 4.65. The molecule has 2 aromatic rings. The number of aromatic nitrogens is 2. The summed E-state index contributed by atoms with van der Waals surface area (Å²) in [5.74, 6) is 1.56. The highest BCUT2D eigenvalue weighted by molar-refractivity contribution is 6.17. The van der Waals surface area contributed by atoms with E-state index in [1.54, 1.807) is 0 Å². The Bertz CT molecular complexity index is 732. The fourth-order valence-electron chi connectivity index (χ4n) is 3.28. The van der Waals surface area contributed by atoms with Crippen LogP contribution in [0.15, 0.2) is 18.2 Å². The zero-order chi connectivity index (χ0) is 17.1. The molecule has 24 heavy (non-hydrogen) atoms. The highest BCUT2D eigenvalue weighted by atomic mass is 35.5. The van der Waals surface area contributed by atoms with Crippen molar-refractivity contribution < 1.29 is 4.79 Å². The molecule has 1 aromatic carbocycles. The van der Waals surface area contributed by atoms with Gasteiger partial charge in [-0.2, -0.15) is 0 Å². The monoisotopic (exact) mass is 345 g/mol. The molecular formula is C19H24ClN3O. The molecule has 0 saturated carbocycles. The van der Waals surface area contributed by atoms with Gasteiger partial charge in [-0.3, -0.25) is 4.79 Å². The minimum atomic E-state index is 0.130. The number of hydrogen-bond donors (Lipinski definition) is 1. The van der Waals surface area contributed by atoms with Gasteiger partial charge in [-0.05, 0) is 50.8 Å². The zero-order valence-corrected chi connectivity index (χ0v) is 15.1. The van der Waals surface area contributed by atoms with Crippen molar-refractivity contribution >= 4 is 17.5 Å². The summed E-state index contributed by atoms with van der Waals surface area (Å²) in [5, 5.41) is 0. The van der Waals surface area contributed by atoms with E-state index in [9.17, 15) is 4.79 Å². The SMILES string of the molecule is Cc1ccc(C(=O)N2CCCCC2)cc1-c1nc(CCCl)[nH]c1C. The fourth-order valence-corrected chi connectivity index (χ4v) is 3.46. The number of aryl methyl sites for hydroxylation is 3. The Kier molecular flexibility index (Phi) is 5.24. The van der Waals surface area contributed by atoms with E-state index < -0.39 is 0 Å². The second-order valence-electron chi connectivity index (χ2n) is 6.48. The predicted molar refractivity (Wildman–Crippen MR) is 97.7 cm³/mol. The van der Waals surface area contributed by atoms with Crippen LogP contribution in [0.3, 0.4) is 0 Å². The maximum Gasteiger partial charge on any atom is 0.253 e. The van der Waals surface area contributed by atoms with Gasteiger partial charge in [0.2, 0.25) is 0 Å². The molecule has 1 aliphatic heterocycles. The zero-order valence-electron chi connectivity index (χ0n) is 14.4. The lowest BCUT2D eigenvalue weighted by molar-refractivity contribution is 0.0724. The number of carbonyl (C=O) groups excluding carboxylic acids is 1. The highest BCUT2D eigenvalue weighted by Gasteiger charge is 2.20. The largest absolute Gasteiger partial charge is 0.346 e. The molecule has 1 saturated heterocycles. The van der Waals surface area contributed by atoms with Crippen LogP contribution >= 0.6 is 11.6 Å². The maximum absolute atomic E-state index is 12.8. The van der Waals surface area contributed by atoms with E-state index in [-0.39, 0.29) is 5.91 Å². The number of likely N-dealkylation sites (tertiary alicyclic amines) is 1. The first-order valence-corrected chi connectivity index (χ1v) is 9.15. The molecule has 0 unspecified atom stereocenters. The van der Waals surface area contributed by atoms with E-state index in [1.807, 2.05) is 30.0 Å². The molecule has 0 atom stereocenters. The Morgan fingerprint density at radius 1 is 1.25 bits per heavy atom. The van der Waals surface area contributed by atoms with Gasteiger partial charge in [0.25, 0.3) is 5.91 Å². The molecule has 1 amide bonds. The van der Waals surface area contributed by atoms with Crippen LogP contribution < -0.4 is 0 Å². The van der Waals surface area contributed by atoms with Crippen LogP contribution in [0.5, 0.6) is 0 Å². The molecule has 0 radical (unpaired) electrons. The molecule has 3 rings (SSSR count). The smallest absolute Gasteiger partial charge is 0.253 e. The van der Waals surface area contributed by atoms with Gasteiger partial charge < -0.3 is 9.88 Å². The number of alkyl halides is 1. The topological polar surface area (TPSA) is 49.0 Å². The minimum absolute atomic E-state index is 0.130. The number of halogens is 1. The van der Waals surface area contributed by atoms with Crippen molar-refractivity contribution in [3.05, 3.63) is 40.8 Å². The summed E-state index contributed by atoms with van der Waals surface area (Å²) in [4.78, 5) is 22.7. The number of piperidine rings is 1. The number of benzene rings is 1. The minimum Gasteiger partial charge on any atom is -0.346 e. The molecule has 1 N–H and O–H groups in total. The van der Waals surface area contributed by atoms with E-state index in [0.29, 0.717) is 12.3 Å². The Labute approximate surface area is 148 Å². The van der Waals surface area contributed by atoms with Crippen molar-refractivity contribution in [1.29, 1.82) is 0 Å². The summed E-state index contributed by atoms with van der Waals surface area (Å²) in [7, 11) is 0. The van der Waals surface area contributed by atoms with E-state index in [2.05, 4.69) is 16.9 Å². The molecule has 5 heteroatoms. The number of H-pyrrole nitrogens is 1. The Morgan fingerprint density at radius 3 is 2.71 bits per heavy atom. The molecular weight excluding hydrogens is 322 g/mol.